The molecule has 0 atom stereocenters. The number of nitrogens with one attached hydrogen (secondary N) is 1. The molecule has 0 saturated carbocycles. The molecular formula is C20H19BrN4O2. The summed E-state index contributed by atoms with van der Waals surface area (Å²) in [6, 6.07) is 13.6. The van der Waals surface area contributed by atoms with Crippen molar-refractivity contribution in [1.29, 1.82) is 5.41 Å². The van der Waals surface area contributed by atoms with Gasteiger partial charge in [-0.25, -0.2) is 4.98 Å². The molecule has 138 valence electrons. The number of halogens is 1. The average Bonchev–Trinajstić information content (AvgIpc) is 3.14. The van der Waals surface area contributed by atoms with Gasteiger partial charge >= 0.3 is 5.97 Å². The van der Waals surface area contributed by atoms with Gasteiger partial charge in [-0.15, -0.1) is 0 Å². The zero-order valence-corrected chi connectivity index (χ0v) is 16.4. The molecule has 1 heterocycles. The van der Waals surface area contributed by atoms with Crippen LogP contribution in [-0.2, 0) is 16.0 Å². The molecule has 7 heteroatoms. The molecule has 0 fully saturated rings. The van der Waals surface area contributed by atoms with E-state index in [0.717, 1.165) is 27.0 Å². The summed E-state index contributed by atoms with van der Waals surface area (Å²) in [5.74, 6) is -0.188. The second kappa shape index (κ2) is 8.18. The third-order valence-corrected chi connectivity index (χ3v) is 4.84. The van der Waals surface area contributed by atoms with E-state index in [-0.39, 0.29) is 11.8 Å². The molecule has 0 amide bonds. The minimum atomic E-state index is -0.245. The van der Waals surface area contributed by atoms with Crippen molar-refractivity contribution >= 4 is 27.7 Å². The largest absolute Gasteiger partial charge is 0.469 e. The van der Waals surface area contributed by atoms with Crippen LogP contribution in [0.5, 0.6) is 0 Å². The maximum Gasteiger partial charge on any atom is 0.305 e. The molecule has 3 N–H and O–H groups in total. The second-order valence-electron chi connectivity index (χ2n) is 6.01. The standard InChI is InChI=1S/C20H19BrN4O2/c1-27-19(26)9-7-16-11-25(12-24-16)18-8-6-15(10-17(18)21)13-2-4-14(5-3-13)20(22)23/h2-6,8,10-12H,7,9H2,1H3,(H3,22,23). The Morgan fingerprint density at radius 1 is 1.22 bits per heavy atom. The lowest BCUT2D eigenvalue weighted by Gasteiger charge is -2.09. The Hall–Kier alpha value is -2.93. The number of hydrogen-bond donors (Lipinski definition) is 2. The van der Waals surface area contributed by atoms with Crippen LogP contribution in [0.15, 0.2) is 59.5 Å². The van der Waals surface area contributed by atoms with Gasteiger partial charge in [0.05, 0.1) is 31.2 Å². The molecule has 6 nitrogen and oxygen atoms in total. The topological polar surface area (TPSA) is 94.0 Å². The number of nitrogens with two attached hydrogens (primary N) is 1. The van der Waals surface area contributed by atoms with E-state index in [9.17, 15) is 4.79 Å². The molecule has 0 bridgehead atoms. The number of ether oxygens (including phenoxy) is 1. The third-order valence-electron chi connectivity index (χ3n) is 4.20. The van der Waals surface area contributed by atoms with E-state index in [1.807, 2.05) is 53.2 Å². The van der Waals surface area contributed by atoms with E-state index >= 15 is 0 Å². The summed E-state index contributed by atoms with van der Waals surface area (Å²) in [6.45, 7) is 0. The predicted octanol–water partition coefficient (Wildman–Crippen LogP) is 3.69. The summed E-state index contributed by atoms with van der Waals surface area (Å²) in [6.07, 6.45) is 4.49. The Morgan fingerprint density at radius 2 is 1.93 bits per heavy atom. The van der Waals surface area contributed by atoms with Crippen molar-refractivity contribution in [3.8, 4) is 16.8 Å². The van der Waals surface area contributed by atoms with Gasteiger partial charge < -0.3 is 15.0 Å². The monoisotopic (exact) mass is 426 g/mol. The molecule has 0 aliphatic heterocycles. The van der Waals surface area contributed by atoms with Gasteiger partial charge in [-0.3, -0.25) is 10.2 Å². The number of amidine groups is 1. The SMILES string of the molecule is COC(=O)CCc1cn(-c2ccc(-c3ccc(C(=N)N)cc3)cc2Br)cn1. The van der Waals surface area contributed by atoms with Crippen molar-refractivity contribution in [3.05, 3.63) is 70.7 Å². The van der Waals surface area contributed by atoms with Crippen LogP contribution in [0.3, 0.4) is 0 Å². The number of nitrogens with zero attached hydrogens (tertiary/aromatic N) is 2. The minimum Gasteiger partial charge on any atom is -0.469 e. The number of imidazole rings is 1. The highest BCUT2D eigenvalue weighted by atomic mass is 79.9. The van der Waals surface area contributed by atoms with Gasteiger partial charge in [-0.1, -0.05) is 30.3 Å². The van der Waals surface area contributed by atoms with E-state index in [0.29, 0.717) is 18.4 Å². The first-order valence-electron chi connectivity index (χ1n) is 8.32. The van der Waals surface area contributed by atoms with Crippen LogP contribution in [0.25, 0.3) is 16.8 Å². The molecule has 0 unspecified atom stereocenters. The Bertz CT molecular complexity index is 980. The molecule has 27 heavy (non-hydrogen) atoms. The fourth-order valence-corrected chi connectivity index (χ4v) is 3.28. The van der Waals surface area contributed by atoms with Gasteiger partial charge in [0.15, 0.2) is 0 Å². The fraction of sp³-hybridized carbons (Fsp3) is 0.150. The van der Waals surface area contributed by atoms with Crippen molar-refractivity contribution < 1.29 is 9.53 Å². The first-order chi connectivity index (χ1) is 13.0. The number of esters is 1. The van der Waals surface area contributed by atoms with Gasteiger partial charge in [0, 0.05) is 22.7 Å². The molecule has 0 aliphatic rings. The number of hydrogen-bond acceptors (Lipinski definition) is 4. The second-order valence-corrected chi connectivity index (χ2v) is 6.86. The molecule has 0 saturated heterocycles. The van der Waals surface area contributed by atoms with E-state index in [1.54, 1.807) is 6.33 Å². The van der Waals surface area contributed by atoms with Crippen LogP contribution < -0.4 is 5.73 Å². The smallest absolute Gasteiger partial charge is 0.305 e. The zero-order chi connectivity index (χ0) is 19.4. The predicted molar refractivity (Wildman–Crippen MR) is 108 cm³/mol. The summed E-state index contributed by atoms with van der Waals surface area (Å²) in [5.41, 5.74) is 10.1. The summed E-state index contributed by atoms with van der Waals surface area (Å²) in [7, 11) is 1.38. The van der Waals surface area contributed by atoms with Crippen LogP contribution in [0.2, 0.25) is 0 Å². The van der Waals surface area contributed by atoms with Gasteiger partial charge in [-0.2, -0.15) is 0 Å². The number of methoxy groups -OCH3 is 1. The maximum atomic E-state index is 11.3. The summed E-state index contributed by atoms with van der Waals surface area (Å²) >= 11 is 3.62. The van der Waals surface area contributed by atoms with Crippen molar-refractivity contribution in [2.75, 3.05) is 7.11 Å². The highest BCUT2D eigenvalue weighted by molar-refractivity contribution is 9.10. The van der Waals surface area contributed by atoms with Crippen molar-refractivity contribution in [2.45, 2.75) is 12.8 Å². The van der Waals surface area contributed by atoms with Crippen LogP contribution in [0.1, 0.15) is 17.7 Å². The molecule has 0 radical (unpaired) electrons. The number of benzene rings is 2. The fourth-order valence-electron chi connectivity index (χ4n) is 2.69. The quantitative estimate of drug-likeness (QED) is 0.357. The number of rotatable bonds is 6. The highest BCUT2D eigenvalue weighted by Gasteiger charge is 2.09. The molecule has 3 rings (SSSR count). The van der Waals surface area contributed by atoms with Crippen LogP contribution in [0.4, 0.5) is 0 Å². The molecule has 1 aromatic heterocycles. The Morgan fingerprint density at radius 3 is 2.56 bits per heavy atom. The van der Waals surface area contributed by atoms with Gasteiger partial charge in [-0.05, 0) is 39.2 Å². The molecule has 3 aromatic rings. The first-order valence-corrected chi connectivity index (χ1v) is 9.11. The number of nitrogen functional groups attached to an aromatic ring is 1. The third kappa shape index (κ3) is 4.43. The molecule has 0 aliphatic carbocycles. The molecule has 0 spiro atoms. The van der Waals surface area contributed by atoms with E-state index in [1.165, 1.54) is 7.11 Å². The lowest BCUT2D eigenvalue weighted by Crippen LogP contribution is -2.10. The first kappa shape index (κ1) is 18.8. The van der Waals surface area contributed by atoms with Gasteiger partial charge in [0.2, 0.25) is 0 Å². The van der Waals surface area contributed by atoms with Crippen molar-refractivity contribution in [2.24, 2.45) is 5.73 Å². The lowest BCUT2D eigenvalue weighted by molar-refractivity contribution is -0.140. The average molecular weight is 427 g/mol. The highest BCUT2D eigenvalue weighted by Crippen LogP contribution is 2.28. The Balaban J connectivity index is 1.80. The normalized spacial score (nSPS) is 10.6. The maximum absolute atomic E-state index is 11.3. The van der Waals surface area contributed by atoms with Crippen molar-refractivity contribution in [1.82, 2.24) is 9.55 Å². The lowest BCUT2D eigenvalue weighted by atomic mass is 10.0. The molecule has 2 aromatic carbocycles. The Kier molecular flexibility index (Phi) is 5.71. The van der Waals surface area contributed by atoms with Crippen LogP contribution in [0, 0.1) is 5.41 Å². The van der Waals surface area contributed by atoms with E-state index in [2.05, 4.69) is 25.7 Å². The zero-order valence-electron chi connectivity index (χ0n) is 14.8. The Labute approximate surface area is 165 Å². The summed E-state index contributed by atoms with van der Waals surface area (Å²) in [5, 5.41) is 7.47. The van der Waals surface area contributed by atoms with E-state index < -0.39 is 0 Å². The van der Waals surface area contributed by atoms with Crippen LogP contribution >= 0.6 is 15.9 Å². The number of aryl methyl sites for hydroxylation is 1. The number of carbonyl (C=O) groups is 1. The number of aromatic nitrogens is 2. The van der Waals surface area contributed by atoms with Crippen molar-refractivity contribution in [3.63, 3.8) is 0 Å². The minimum absolute atomic E-state index is 0.0567. The summed E-state index contributed by atoms with van der Waals surface area (Å²) in [4.78, 5) is 15.6. The van der Waals surface area contributed by atoms with E-state index in [4.69, 9.17) is 11.1 Å². The van der Waals surface area contributed by atoms with Gasteiger partial charge in [0.25, 0.3) is 0 Å². The van der Waals surface area contributed by atoms with Crippen LogP contribution in [-0.4, -0.2) is 28.5 Å². The molecular weight excluding hydrogens is 408 g/mol. The summed E-state index contributed by atoms with van der Waals surface area (Å²) < 4.78 is 7.50. The van der Waals surface area contributed by atoms with Gasteiger partial charge in [0.1, 0.15) is 5.84 Å². The number of carbonyl (C=O) groups excluding carboxylic acids is 1.